The number of rotatable bonds is 5. The highest BCUT2D eigenvalue weighted by molar-refractivity contribution is 6.30. The smallest absolute Gasteiger partial charge is 0.262 e. The van der Waals surface area contributed by atoms with Crippen LogP contribution in [0.25, 0.3) is 16.9 Å². The van der Waals surface area contributed by atoms with Gasteiger partial charge in [0.05, 0.1) is 18.8 Å². The second kappa shape index (κ2) is 8.12. The molecule has 0 aliphatic carbocycles. The first kappa shape index (κ1) is 20.3. The van der Waals surface area contributed by atoms with E-state index < -0.39 is 12.1 Å². The molecule has 2 aromatic heterocycles. The molecule has 1 N–H and O–H groups in total. The third-order valence-corrected chi connectivity index (χ3v) is 5.60. The second-order valence-corrected chi connectivity index (χ2v) is 8.00. The van der Waals surface area contributed by atoms with E-state index in [9.17, 15) is 4.79 Å². The Morgan fingerprint density at radius 1 is 1.25 bits per heavy atom. The molecule has 0 unspecified atom stereocenters. The third kappa shape index (κ3) is 3.85. The molecule has 1 aliphatic rings. The molecule has 3 heterocycles. The summed E-state index contributed by atoms with van der Waals surface area (Å²) in [5, 5.41) is 8.02. The normalized spacial score (nSPS) is 15.8. The van der Waals surface area contributed by atoms with Crippen molar-refractivity contribution in [3.05, 3.63) is 71.3 Å². The summed E-state index contributed by atoms with van der Waals surface area (Å²) in [7, 11) is 1.63. The number of carbonyl (C=O) groups is 1. The van der Waals surface area contributed by atoms with E-state index in [0.717, 1.165) is 22.6 Å². The lowest BCUT2D eigenvalue weighted by Crippen LogP contribution is -2.39. The monoisotopic (exact) mass is 449 g/mol. The molecule has 0 fully saturated rings. The standard InChI is InChI=1S/C23H20ClN5O3/c1-13(26-23(30)20-10-15-9-16(24)5-8-19(15)32-20)22-27-21-11-18(25-12-29(21)28-22)14-3-6-17(31-2)7-4-14/h3-9,11-13,20H,10H2,1-2H3,(H,26,30)/t13-,20+/m0/s1. The maximum atomic E-state index is 12.7. The highest BCUT2D eigenvalue weighted by Gasteiger charge is 2.30. The average molecular weight is 450 g/mol. The van der Waals surface area contributed by atoms with E-state index in [-0.39, 0.29) is 5.91 Å². The molecule has 1 aliphatic heterocycles. The van der Waals surface area contributed by atoms with Gasteiger partial charge in [0.15, 0.2) is 17.6 Å². The Balaban J connectivity index is 1.30. The fourth-order valence-electron chi connectivity index (χ4n) is 3.65. The summed E-state index contributed by atoms with van der Waals surface area (Å²) in [4.78, 5) is 21.8. The van der Waals surface area contributed by atoms with Gasteiger partial charge in [-0.3, -0.25) is 4.79 Å². The van der Waals surface area contributed by atoms with Crippen molar-refractivity contribution >= 4 is 23.2 Å². The minimum absolute atomic E-state index is 0.222. The van der Waals surface area contributed by atoms with Gasteiger partial charge in [0.25, 0.3) is 5.91 Å². The largest absolute Gasteiger partial charge is 0.497 e. The maximum absolute atomic E-state index is 12.7. The quantitative estimate of drug-likeness (QED) is 0.500. The number of amides is 1. The van der Waals surface area contributed by atoms with Crippen molar-refractivity contribution in [2.45, 2.75) is 25.5 Å². The average Bonchev–Trinajstić information content (AvgIpc) is 3.42. The number of halogens is 1. The van der Waals surface area contributed by atoms with Crippen LogP contribution in [0.2, 0.25) is 5.02 Å². The first-order valence-corrected chi connectivity index (χ1v) is 10.5. The number of ether oxygens (including phenoxy) is 2. The zero-order chi connectivity index (χ0) is 22.2. The van der Waals surface area contributed by atoms with Crippen molar-refractivity contribution in [2.75, 3.05) is 7.11 Å². The minimum atomic E-state index is -0.605. The molecule has 5 rings (SSSR count). The van der Waals surface area contributed by atoms with E-state index in [4.69, 9.17) is 21.1 Å². The SMILES string of the molecule is COc1ccc(-c2cc3nc([C@H](C)NC(=O)[C@H]4Cc5cc(Cl)ccc5O4)nn3cn2)cc1. The molecule has 0 spiro atoms. The van der Waals surface area contributed by atoms with Gasteiger partial charge < -0.3 is 14.8 Å². The van der Waals surface area contributed by atoms with Gasteiger partial charge in [0.1, 0.15) is 17.8 Å². The van der Waals surface area contributed by atoms with Gasteiger partial charge in [-0.2, -0.15) is 0 Å². The Morgan fingerprint density at radius 2 is 2.06 bits per heavy atom. The lowest BCUT2D eigenvalue weighted by Gasteiger charge is -2.14. The van der Waals surface area contributed by atoms with Crippen LogP contribution in [0.3, 0.4) is 0 Å². The molecule has 162 valence electrons. The summed E-state index contributed by atoms with van der Waals surface area (Å²) in [5.74, 6) is 1.73. The van der Waals surface area contributed by atoms with Crippen LogP contribution < -0.4 is 14.8 Å². The molecule has 0 radical (unpaired) electrons. The molecule has 9 heteroatoms. The number of carbonyl (C=O) groups excluding carboxylic acids is 1. The van der Waals surface area contributed by atoms with Crippen LogP contribution in [0, 0.1) is 0 Å². The summed E-state index contributed by atoms with van der Waals surface area (Å²) in [5.41, 5.74) is 3.28. The molecule has 0 bridgehead atoms. The Morgan fingerprint density at radius 3 is 2.84 bits per heavy atom. The van der Waals surface area contributed by atoms with Crippen molar-refractivity contribution < 1.29 is 14.3 Å². The van der Waals surface area contributed by atoms with Crippen molar-refractivity contribution in [1.82, 2.24) is 24.9 Å². The summed E-state index contributed by atoms with van der Waals surface area (Å²) >= 11 is 6.03. The topological polar surface area (TPSA) is 90.6 Å². The molecule has 2 atom stereocenters. The Bertz CT molecular complexity index is 1300. The maximum Gasteiger partial charge on any atom is 0.262 e. The van der Waals surface area contributed by atoms with Crippen LogP contribution in [0.4, 0.5) is 0 Å². The van der Waals surface area contributed by atoms with Gasteiger partial charge in [-0.15, -0.1) is 5.10 Å². The number of methoxy groups -OCH3 is 1. The first-order valence-electron chi connectivity index (χ1n) is 10.1. The molecule has 0 saturated heterocycles. The number of nitrogens with zero attached hydrogens (tertiary/aromatic N) is 4. The number of nitrogens with one attached hydrogen (secondary N) is 1. The number of aromatic nitrogens is 4. The Labute approximate surface area is 189 Å². The van der Waals surface area contributed by atoms with Crippen LogP contribution in [-0.2, 0) is 11.2 Å². The van der Waals surface area contributed by atoms with Crippen LogP contribution in [0.1, 0.15) is 24.4 Å². The second-order valence-electron chi connectivity index (χ2n) is 7.57. The van der Waals surface area contributed by atoms with E-state index in [1.807, 2.05) is 43.3 Å². The highest BCUT2D eigenvalue weighted by atomic mass is 35.5. The Kier molecular flexibility index (Phi) is 5.14. The van der Waals surface area contributed by atoms with E-state index >= 15 is 0 Å². The molecular formula is C23H20ClN5O3. The fourth-order valence-corrected chi connectivity index (χ4v) is 3.84. The van der Waals surface area contributed by atoms with Gasteiger partial charge in [0, 0.05) is 23.1 Å². The van der Waals surface area contributed by atoms with Crippen molar-refractivity contribution in [2.24, 2.45) is 0 Å². The highest BCUT2D eigenvalue weighted by Crippen LogP contribution is 2.31. The van der Waals surface area contributed by atoms with Crippen LogP contribution in [0.15, 0.2) is 54.9 Å². The molecule has 32 heavy (non-hydrogen) atoms. The zero-order valence-electron chi connectivity index (χ0n) is 17.4. The summed E-state index contributed by atoms with van der Waals surface area (Å²) in [6.45, 7) is 1.84. The van der Waals surface area contributed by atoms with Gasteiger partial charge >= 0.3 is 0 Å². The van der Waals surface area contributed by atoms with E-state index in [1.54, 1.807) is 30.1 Å². The third-order valence-electron chi connectivity index (χ3n) is 5.37. The van der Waals surface area contributed by atoms with Gasteiger partial charge in [-0.05, 0) is 55.0 Å². The summed E-state index contributed by atoms with van der Waals surface area (Å²) < 4.78 is 12.6. The van der Waals surface area contributed by atoms with Gasteiger partial charge in [0.2, 0.25) is 0 Å². The predicted molar refractivity (Wildman–Crippen MR) is 119 cm³/mol. The number of benzene rings is 2. The molecule has 1 amide bonds. The lowest BCUT2D eigenvalue weighted by atomic mass is 10.1. The van der Waals surface area contributed by atoms with E-state index in [1.165, 1.54) is 0 Å². The molecule has 2 aromatic carbocycles. The number of hydrogen-bond acceptors (Lipinski definition) is 6. The first-order chi connectivity index (χ1) is 15.5. The minimum Gasteiger partial charge on any atom is -0.497 e. The van der Waals surface area contributed by atoms with Gasteiger partial charge in [-0.25, -0.2) is 14.5 Å². The van der Waals surface area contributed by atoms with E-state index in [2.05, 4.69) is 20.4 Å². The molecule has 4 aromatic rings. The van der Waals surface area contributed by atoms with Crippen molar-refractivity contribution in [1.29, 1.82) is 0 Å². The van der Waals surface area contributed by atoms with Crippen LogP contribution >= 0.6 is 11.6 Å². The fraction of sp³-hybridized carbons (Fsp3) is 0.217. The molecular weight excluding hydrogens is 430 g/mol. The van der Waals surface area contributed by atoms with Crippen LogP contribution in [-0.4, -0.2) is 38.7 Å². The van der Waals surface area contributed by atoms with Crippen LogP contribution in [0.5, 0.6) is 11.5 Å². The van der Waals surface area contributed by atoms with Gasteiger partial charge in [-0.1, -0.05) is 11.6 Å². The zero-order valence-corrected chi connectivity index (χ0v) is 18.2. The number of hydrogen-bond donors (Lipinski definition) is 1. The van der Waals surface area contributed by atoms with Crippen molar-refractivity contribution in [3.8, 4) is 22.8 Å². The van der Waals surface area contributed by atoms with E-state index in [0.29, 0.717) is 28.7 Å². The van der Waals surface area contributed by atoms with Crippen molar-refractivity contribution in [3.63, 3.8) is 0 Å². The Hall–Kier alpha value is -3.65. The lowest BCUT2D eigenvalue weighted by molar-refractivity contribution is -0.127. The molecule has 0 saturated carbocycles. The molecule has 8 nitrogen and oxygen atoms in total. The number of fused-ring (bicyclic) bond motifs is 2. The summed E-state index contributed by atoms with van der Waals surface area (Å²) in [6, 6.07) is 14.4. The summed E-state index contributed by atoms with van der Waals surface area (Å²) in [6.07, 6.45) is 1.48. The predicted octanol–water partition coefficient (Wildman–Crippen LogP) is 3.63.